The van der Waals surface area contributed by atoms with Crippen molar-refractivity contribution < 1.29 is 18.7 Å². The lowest BCUT2D eigenvalue weighted by molar-refractivity contribution is 0.0838. The first-order valence-electron chi connectivity index (χ1n) is 6.47. The Labute approximate surface area is 110 Å². The third-order valence-corrected chi connectivity index (χ3v) is 3.84. The quantitative estimate of drug-likeness (QED) is 0.907. The molecular formula is C14H16FNO3. The minimum Gasteiger partial charge on any atom is -0.497 e. The number of carbonyl (C=O) groups is 1. The van der Waals surface area contributed by atoms with E-state index in [-0.39, 0.29) is 29.7 Å². The molecule has 1 aromatic rings. The molecule has 3 rings (SSSR count). The van der Waals surface area contributed by atoms with Gasteiger partial charge in [0.2, 0.25) is 0 Å². The number of hydrogen-bond donors (Lipinski definition) is 1. The molecule has 0 radical (unpaired) electrons. The lowest BCUT2D eigenvalue weighted by Crippen LogP contribution is -2.41. The minimum absolute atomic E-state index is 0.00718. The van der Waals surface area contributed by atoms with Crippen LogP contribution in [0.3, 0.4) is 0 Å². The van der Waals surface area contributed by atoms with Crippen molar-refractivity contribution >= 4 is 5.91 Å². The van der Waals surface area contributed by atoms with E-state index in [9.17, 15) is 9.18 Å². The maximum Gasteiger partial charge on any atom is 0.254 e. The Bertz CT molecular complexity index is 505. The highest BCUT2D eigenvalue weighted by atomic mass is 19.1. The van der Waals surface area contributed by atoms with Crippen LogP contribution in [0.25, 0.3) is 0 Å². The van der Waals surface area contributed by atoms with E-state index >= 15 is 0 Å². The van der Waals surface area contributed by atoms with Gasteiger partial charge >= 0.3 is 0 Å². The average Bonchev–Trinajstić information content (AvgIpc) is 3.00. The van der Waals surface area contributed by atoms with Crippen molar-refractivity contribution in [2.75, 3.05) is 7.11 Å². The van der Waals surface area contributed by atoms with Crippen molar-refractivity contribution in [3.63, 3.8) is 0 Å². The normalized spacial score (nSPS) is 28.4. The van der Waals surface area contributed by atoms with Gasteiger partial charge in [-0.05, 0) is 31.4 Å². The van der Waals surface area contributed by atoms with E-state index in [0.29, 0.717) is 5.75 Å². The van der Waals surface area contributed by atoms with Gasteiger partial charge in [-0.1, -0.05) is 0 Å². The molecule has 2 heterocycles. The van der Waals surface area contributed by atoms with Crippen molar-refractivity contribution in [1.29, 1.82) is 0 Å². The van der Waals surface area contributed by atoms with E-state index < -0.39 is 5.82 Å². The minimum atomic E-state index is -0.569. The zero-order chi connectivity index (χ0) is 13.4. The van der Waals surface area contributed by atoms with Crippen molar-refractivity contribution in [2.45, 2.75) is 37.5 Å². The number of halogens is 1. The first-order chi connectivity index (χ1) is 9.17. The fraction of sp³-hybridized carbons (Fsp3) is 0.500. The highest BCUT2D eigenvalue weighted by Gasteiger charge is 2.41. The second-order valence-corrected chi connectivity index (χ2v) is 5.04. The molecule has 4 nitrogen and oxygen atoms in total. The van der Waals surface area contributed by atoms with Crippen LogP contribution in [0.15, 0.2) is 18.2 Å². The molecule has 3 unspecified atom stereocenters. The molecule has 5 heteroatoms. The second-order valence-electron chi connectivity index (χ2n) is 5.04. The van der Waals surface area contributed by atoms with Gasteiger partial charge in [0.05, 0.1) is 30.9 Å². The molecule has 1 amide bonds. The van der Waals surface area contributed by atoms with Crippen molar-refractivity contribution in [1.82, 2.24) is 5.32 Å². The molecule has 102 valence electrons. The molecule has 2 aliphatic rings. The molecule has 3 atom stereocenters. The van der Waals surface area contributed by atoms with Crippen LogP contribution in [0.1, 0.15) is 29.6 Å². The van der Waals surface area contributed by atoms with E-state index in [1.807, 2.05) is 0 Å². The molecule has 0 spiro atoms. The Balaban J connectivity index is 1.70. The van der Waals surface area contributed by atoms with Crippen LogP contribution < -0.4 is 10.1 Å². The number of hydrogen-bond acceptors (Lipinski definition) is 3. The third kappa shape index (κ3) is 2.30. The average molecular weight is 265 g/mol. The predicted molar refractivity (Wildman–Crippen MR) is 66.7 cm³/mol. The summed E-state index contributed by atoms with van der Waals surface area (Å²) in [5.41, 5.74) is 0.0450. The molecule has 0 aromatic heterocycles. The third-order valence-electron chi connectivity index (χ3n) is 3.84. The number of ether oxygens (including phenoxy) is 2. The monoisotopic (exact) mass is 265 g/mol. The van der Waals surface area contributed by atoms with Crippen LogP contribution in [-0.2, 0) is 4.74 Å². The zero-order valence-electron chi connectivity index (χ0n) is 10.7. The van der Waals surface area contributed by atoms with Crippen LogP contribution in [0.2, 0.25) is 0 Å². The van der Waals surface area contributed by atoms with Crippen molar-refractivity contribution in [3.8, 4) is 5.75 Å². The standard InChI is InChI=1S/C14H16FNO3/c1-18-8-2-4-10(11(15)6-8)14(17)16-12-7-9-3-5-13(12)19-9/h2,4,6,9,12-13H,3,5,7H2,1H3,(H,16,17). The smallest absolute Gasteiger partial charge is 0.254 e. The fourth-order valence-electron chi connectivity index (χ4n) is 2.84. The summed E-state index contributed by atoms with van der Waals surface area (Å²) < 4.78 is 24.3. The first kappa shape index (κ1) is 12.4. The van der Waals surface area contributed by atoms with Crippen molar-refractivity contribution in [3.05, 3.63) is 29.6 Å². The second kappa shape index (κ2) is 4.81. The summed E-state index contributed by atoms with van der Waals surface area (Å²) in [4.78, 5) is 12.0. The van der Waals surface area contributed by atoms with Gasteiger partial charge in [-0.25, -0.2) is 4.39 Å². The lowest BCUT2D eigenvalue weighted by Gasteiger charge is -2.20. The van der Waals surface area contributed by atoms with E-state index in [2.05, 4.69) is 5.32 Å². The van der Waals surface area contributed by atoms with Gasteiger partial charge < -0.3 is 14.8 Å². The number of benzene rings is 1. The van der Waals surface area contributed by atoms with E-state index in [1.165, 1.54) is 19.2 Å². The van der Waals surface area contributed by atoms with E-state index in [0.717, 1.165) is 19.3 Å². The zero-order valence-corrected chi connectivity index (χ0v) is 10.7. The fourth-order valence-corrected chi connectivity index (χ4v) is 2.84. The highest BCUT2D eigenvalue weighted by molar-refractivity contribution is 5.94. The highest BCUT2D eigenvalue weighted by Crippen LogP contribution is 2.34. The van der Waals surface area contributed by atoms with Gasteiger partial charge in [0, 0.05) is 6.07 Å². The number of fused-ring (bicyclic) bond motifs is 2. The number of carbonyl (C=O) groups excluding carboxylic acids is 1. The van der Waals surface area contributed by atoms with Crippen LogP contribution in [0.5, 0.6) is 5.75 Å². The Kier molecular flexibility index (Phi) is 3.14. The number of methoxy groups -OCH3 is 1. The van der Waals surface area contributed by atoms with Crippen molar-refractivity contribution in [2.24, 2.45) is 0 Å². The molecule has 1 N–H and O–H groups in total. The van der Waals surface area contributed by atoms with Gasteiger partial charge in [0.1, 0.15) is 11.6 Å². The summed E-state index contributed by atoms with van der Waals surface area (Å²) in [6, 6.07) is 4.24. The maximum absolute atomic E-state index is 13.8. The lowest BCUT2D eigenvalue weighted by atomic mass is 9.95. The SMILES string of the molecule is COc1ccc(C(=O)NC2CC3CCC2O3)c(F)c1. The Morgan fingerprint density at radius 2 is 2.32 bits per heavy atom. The first-order valence-corrected chi connectivity index (χ1v) is 6.47. The van der Waals surface area contributed by atoms with Gasteiger partial charge in [0.25, 0.3) is 5.91 Å². The van der Waals surface area contributed by atoms with Crippen LogP contribution in [-0.4, -0.2) is 31.3 Å². The van der Waals surface area contributed by atoms with Gasteiger partial charge in [-0.3, -0.25) is 4.79 Å². The number of amides is 1. The van der Waals surface area contributed by atoms with Crippen LogP contribution >= 0.6 is 0 Å². The Morgan fingerprint density at radius 1 is 1.47 bits per heavy atom. The molecule has 2 bridgehead atoms. The Hall–Kier alpha value is -1.62. The molecule has 1 aromatic carbocycles. The van der Waals surface area contributed by atoms with E-state index in [1.54, 1.807) is 6.07 Å². The maximum atomic E-state index is 13.8. The number of rotatable bonds is 3. The summed E-state index contributed by atoms with van der Waals surface area (Å²) in [6.45, 7) is 0. The number of nitrogens with one attached hydrogen (secondary N) is 1. The topological polar surface area (TPSA) is 47.6 Å². The van der Waals surface area contributed by atoms with Gasteiger partial charge in [0.15, 0.2) is 0 Å². The summed E-state index contributed by atoms with van der Waals surface area (Å²) in [7, 11) is 1.46. The van der Waals surface area contributed by atoms with Gasteiger partial charge in [-0.2, -0.15) is 0 Å². The summed E-state index contributed by atoms with van der Waals surface area (Å²) in [5, 5.41) is 2.86. The molecule has 0 aliphatic carbocycles. The van der Waals surface area contributed by atoms with E-state index in [4.69, 9.17) is 9.47 Å². The molecule has 2 saturated heterocycles. The molecule has 2 aliphatic heterocycles. The molecule has 19 heavy (non-hydrogen) atoms. The van der Waals surface area contributed by atoms with Crippen LogP contribution in [0.4, 0.5) is 4.39 Å². The predicted octanol–water partition coefficient (Wildman–Crippen LogP) is 1.88. The summed E-state index contributed by atoms with van der Waals surface area (Å²) in [5.74, 6) is -0.556. The molecule has 2 fully saturated rings. The largest absolute Gasteiger partial charge is 0.497 e. The Morgan fingerprint density at radius 3 is 2.89 bits per heavy atom. The molecule has 0 saturated carbocycles. The summed E-state index contributed by atoms with van der Waals surface area (Å²) >= 11 is 0. The molecular weight excluding hydrogens is 249 g/mol. The van der Waals surface area contributed by atoms with Gasteiger partial charge in [-0.15, -0.1) is 0 Å². The summed E-state index contributed by atoms with van der Waals surface area (Å²) in [6.07, 6.45) is 3.22. The van der Waals surface area contributed by atoms with Crippen LogP contribution in [0, 0.1) is 5.82 Å².